The molecule has 1 aliphatic heterocycles. The van der Waals surface area contributed by atoms with Crippen LogP contribution in [-0.4, -0.2) is 26.2 Å². The van der Waals surface area contributed by atoms with Gasteiger partial charge in [0.25, 0.3) is 0 Å². The van der Waals surface area contributed by atoms with E-state index < -0.39 is 0 Å². The Morgan fingerprint density at radius 2 is 2.12 bits per heavy atom. The van der Waals surface area contributed by atoms with Crippen molar-refractivity contribution in [2.75, 3.05) is 31.1 Å². The van der Waals surface area contributed by atoms with Crippen molar-refractivity contribution in [3.8, 4) is 6.07 Å². The summed E-state index contributed by atoms with van der Waals surface area (Å²) < 4.78 is 0. The Balaban J connectivity index is 2.32. The number of piperazine rings is 1. The maximum Gasteiger partial charge on any atom is 0.109 e. The molecule has 0 saturated carbocycles. The van der Waals surface area contributed by atoms with Crippen LogP contribution in [0.2, 0.25) is 0 Å². The van der Waals surface area contributed by atoms with Crippen LogP contribution in [0.4, 0.5) is 11.4 Å². The monoisotopic (exact) mass is 216 g/mol. The highest BCUT2D eigenvalue weighted by Crippen LogP contribution is 2.25. The molecular weight excluding hydrogens is 204 g/mol. The molecule has 1 N–H and O–H groups in total. The van der Waals surface area contributed by atoms with Crippen LogP contribution in [-0.2, 0) is 0 Å². The SMILES string of the molecule is N#Cc1cc(N=O)ccc1N1CCNCC1. The van der Waals surface area contributed by atoms with E-state index in [0.29, 0.717) is 11.3 Å². The lowest BCUT2D eigenvalue weighted by Gasteiger charge is -2.30. The zero-order valence-electron chi connectivity index (χ0n) is 8.81. The van der Waals surface area contributed by atoms with Gasteiger partial charge in [0.2, 0.25) is 0 Å². The average molecular weight is 216 g/mol. The number of anilines is 1. The molecule has 5 heteroatoms. The Labute approximate surface area is 93.6 Å². The van der Waals surface area contributed by atoms with Crippen molar-refractivity contribution >= 4 is 11.4 Å². The average Bonchev–Trinajstić information content (AvgIpc) is 2.39. The topological polar surface area (TPSA) is 68.5 Å². The highest BCUT2D eigenvalue weighted by molar-refractivity contribution is 5.64. The van der Waals surface area contributed by atoms with Crippen LogP contribution in [0.15, 0.2) is 23.4 Å². The van der Waals surface area contributed by atoms with Crippen LogP contribution in [0.5, 0.6) is 0 Å². The molecule has 0 spiro atoms. The first kappa shape index (κ1) is 10.6. The van der Waals surface area contributed by atoms with Crippen molar-refractivity contribution in [3.63, 3.8) is 0 Å². The van der Waals surface area contributed by atoms with E-state index in [1.165, 1.54) is 6.07 Å². The van der Waals surface area contributed by atoms with E-state index in [1.54, 1.807) is 12.1 Å². The molecule has 2 rings (SSSR count). The number of rotatable bonds is 2. The Morgan fingerprint density at radius 1 is 1.38 bits per heavy atom. The molecule has 1 aromatic rings. The number of benzene rings is 1. The number of nitrogens with one attached hydrogen (secondary N) is 1. The zero-order chi connectivity index (χ0) is 11.4. The molecule has 0 bridgehead atoms. The molecule has 5 nitrogen and oxygen atoms in total. The van der Waals surface area contributed by atoms with Crippen LogP contribution in [0, 0.1) is 16.2 Å². The summed E-state index contributed by atoms with van der Waals surface area (Å²) in [6.45, 7) is 3.59. The summed E-state index contributed by atoms with van der Waals surface area (Å²) >= 11 is 0. The van der Waals surface area contributed by atoms with E-state index in [1.807, 2.05) is 0 Å². The Bertz CT molecular complexity index is 432. The first-order valence-electron chi connectivity index (χ1n) is 5.18. The third-order valence-corrected chi connectivity index (χ3v) is 2.66. The van der Waals surface area contributed by atoms with Gasteiger partial charge in [-0.15, -0.1) is 4.91 Å². The van der Waals surface area contributed by atoms with Gasteiger partial charge in [0.1, 0.15) is 11.8 Å². The van der Waals surface area contributed by atoms with Crippen LogP contribution < -0.4 is 10.2 Å². The van der Waals surface area contributed by atoms with Gasteiger partial charge in [-0.3, -0.25) is 0 Å². The van der Waals surface area contributed by atoms with Gasteiger partial charge < -0.3 is 10.2 Å². The minimum atomic E-state index is 0.301. The van der Waals surface area contributed by atoms with Crippen LogP contribution in [0.3, 0.4) is 0 Å². The molecule has 1 fully saturated rings. The molecule has 0 aliphatic carbocycles. The lowest BCUT2D eigenvalue weighted by molar-refractivity contribution is 0.589. The van der Waals surface area contributed by atoms with Crippen LogP contribution >= 0.6 is 0 Å². The Morgan fingerprint density at radius 3 is 2.75 bits per heavy atom. The summed E-state index contributed by atoms with van der Waals surface area (Å²) in [6.07, 6.45) is 0. The second kappa shape index (κ2) is 4.73. The Kier molecular flexibility index (Phi) is 3.13. The van der Waals surface area contributed by atoms with Crippen molar-refractivity contribution in [2.24, 2.45) is 5.18 Å². The highest BCUT2D eigenvalue weighted by atomic mass is 16.3. The van der Waals surface area contributed by atoms with Gasteiger partial charge in [-0.1, -0.05) is 0 Å². The number of hydrogen-bond acceptors (Lipinski definition) is 5. The summed E-state index contributed by atoms with van der Waals surface area (Å²) in [5, 5.41) is 15.1. The van der Waals surface area contributed by atoms with Crippen LogP contribution in [0.25, 0.3) is 0 Å². The predicted molar refractivity (Wildman–Crippen MR) is 61.7 cm³/mol. The third-order valence-electron chi connectivity index (χ3n) is 2.66. The molecule has 0 atom stereocenters. The summed E-state index contributed by atoms with van der Waals surface area (Å²) in [7, 11) is 0. The molecule has 0 amide bonds. The largest absolute Gasteiger partial charge is 0.368 e. The van der Waals surface area contributed by atoms with Crippen molar-refractivity contribution in [1.82, 2.24) is 5.32 Å². The van der Waals surface area contributed by atoms with Gasteiger partial charge in [0.05, 0.1) is 11.3 Å². The minimum absolute atomic E-state index is 0.301. The summed E-state index contributed by atoms with van der Waals surface area (Å²) in [5.74, 6) is 0. The van der Waals surface area contributed by atoms with Gasteiger partial charge in [-0.05, 0) is 23.4 Å². The molecular formula is C11H12N4O. The lowest BCUT2D eigenvalue weighted by atomic mass is 10.1. The van der Waals surface area contributed by atoms with Gasteiger partial charge in [0, 0.05) is 26.2 Å². The summed E-state index contributed by atoms with van der Waals surface area (Å²) in [6, 6.07) is 7.08. The van der Waals surface area contributed by atoms with E-state index in [9.17, 15) is 4.91 Å². The lowest BCUT2D eigenvalue weighted by Crippen LogP contribution is -2.43. The number of nitroso groups, excluding NO2 is 1. The van der Waals surface area contributed by atoms with Gasteiger partial charge in [-0.25, -0.2) is 0 Å². The summed E-state index contributed by atoms with van der Waals surface area (Å²) in [4.78, 5) is 12.5. The van der Waals surface area contributed by atoms with E-state index in [4.69, 9.17) is 5.26 Å². The molecule has 1 heterocycles. The molecule has 82 valence electrons. The number of hydrogen-bond donors (Lipinski definition) is 1. The fraction of sp³-hybridized carbons (Fsp3) is 0.364. The molecule has 1 aliphatic rings. The summed E-state index contributed by atoms with van der Waals surface area (Å²) in [5.41, 5.74) is 1.70. The normalized spacial score (nSPS) is 15.6. The fourth-order valence-electron chi connectivity index (χ4n) is 1.85. The molecule has 0 radical (unpaired) electrons. The quantitative estimate of drug-likeness (QED) is 0.758. The molecule has 1 saturated heterocycles. The molecule has 0 unspecified atom stereocenters. The second-order valence-corrected chi connectivity index (χ2v) is 3.64. The number of nitriles is 1. The Hall–Kier alpha value is -1.93. The molecule has 16 heavy (non-hydrogen) atoms. The van der Waals surface area contributed by atoms with Crippen molar-refractivity contribution in [2.45, 2.75) is 0 Å². The van der Waals surface area contributed by atoms with Gasteiger partial charge >= 0.3 is 0 Å². The maximum atomic E-state index is 10.4. The smallest absolute Gasteiger partial charge is 0.109 e. The predicted octanol–water partition coefficient (Wildman–Crippen LogP) is 1.37. The molecule has 1 aromatic carbocycles. The van der Waals surface area contributed by atoms with E-state index in [2.05, 4.69) is 21.5 Å². The van der Waals surface area contributed by atoms with Gasteiger partial charge in [-0.2, -0.15) is 5.26 Å². The number of nitrogens with zero attached hydrogens (tertiary/aromatic N) is 3. The molecule has 0 aromatic heterocycles. The van der Waals surface area contributed by atoms with Crippen molar-refractivity contribution in [3.05, 3.63) is 28.7 Å². The van der Waals surface area contributed by atoms with E-state index >= 15 is 0 Å². The van der Waals surface area contributed by atoms with Gasteiger partial charge in [0.15, 0.2) is 0 Å². The third kappa shape index (κ3) is 2.02. The maximum absolute atomic E-state index is 10.4. The zero-order valence-corrected chi connectivity index (χ0v) is 8.81. The standard InChI is InChI=1S/C11H12N4O/c12-8-9-7-10(14-16)1-2-11(9)15-5-3-13-4-6-15/h1-2,7,13H,3-6H2. The van der Waals surface area contributed by atoms with Crippen molar-refractivity contribution < 1.29 is 0 Å². The first-order chi connectivity index (χ1) is 7.85. The van der Waals surface area contributed by atoms with E-state index in [-0.39, 0.29) is 0 Å². The van der Waals surface area contributed by atoms with Crippen LogP contribution in [0.1, 0.15) is 5.56 Å². The van der Waals surface area contributed by atoms with Crippen molar-refractivity contribution in [1.29, 1.82) is 5.26 Å². The second-order valence-electron chi connectivity index (χ2n) is 3.64. The van der Waals surface area contributed by atoms with E-state index in [0.717, 1.165) is 31.9 Å². The first-order valence-corrected chi connectivity index (χ1v) is 5.18. The highest BCUT2D eigenvalue weighted by Gasteiger charge is 2.14. The fourth-order valence-corrected chi connectivity index (χ4v) is 1.85. The minimum Gasteiger partial charge on any atom is -0.368 e.